The molecule has 1 amide bonds. The Bertz CT molecular complexity index is 1180. The first-order chi connectivity index (χ1) is 21.7. The molecule has 3 rings (SSSR count). The number of nitrogens with one attached hydrogen (secondary N) is 2. The number of halogens is 1. The Morgan fingerprint density at radius 2 is 1.48 bits per heavy atom. The van der Waals surface area contributed by atoms with Crippen molar-refractivity contribution in [2.24, 2.45) is 0 Å². The quantitative estimate of drug-likeness (QED) is 0.180. The topological polar surface area (TPSA) is 61.4 Å². The number of ketones is 1. The molecule has 7 heteroatoms. The summed E-state index contributed by atoms with van der Waals surface area (Å²) in [5.41, 5.74) is 6.88. The minimum atomic E-state index is -0.0432. The Hall–Kier alpha value is -2.06. The summed E-state index contributed by atoms with van der Waals surface area (Å²) < 4.78 is 0.869. The Morgan fingerprint density at radius 1 is 0.826 bits per heavy atom. The zero-order valence-electron chi connectivity index (χ0n) is 29.9. The standard InChI is InChI=1S/C39H62N4O2.BrH/c1-7-27-43(8-2,30-35(44)29-36-31(3)18-16-19-32(36)4)28-24-40-23-13-11-15-26-42-25-14-10-9-12-22-37(42)39(45)41-38-33(5)20-17-21-34(38)6;/h16-21,37,40H,7-15,22-30H2,1-6H3;1H. The normalized spacial score (nSPS) is 17.0. The van der Waals surface area contributed by atoms with Crippen LogP contribution in [-0.2, 0) is 16.0 Å². The number of carbonyl (C=O) groups is 2. The highest BCUT2D eigenvalue weighted by Gasteiger charge is 2.29. The number of nitrogens with zero attached hydrogens (tertiary/aromatic N) is 2. The maximum atomic E-state index is 13.5. The number of rotatable bonds is 18. The molecule has 2 N–H and O–H groups in total. The van der Waals surface area contributed by atoms with Gasteiger partial charge in [-0.3, -0.25) is 14.5 Å². The summed E-state index contributed by atoms with van der Waals surface area (Å²) in [6.45, 7) is 20.4. The van der Waals surface area contributed by atoms with Crippen LogP contribution in [-0.4, -0.2) is 79.5 Å². The lowest BCUT2D eigenvalue weighted by Crippen LogP contribution is -3.00. The Kier molecular flexibility index (Phi) is 18.3. The molecule has 1 fully saturated rings. The van der Waals surface area contributed by atoms with Crippen LogP contribution in [0.25, 0.3) is 0 Å². The number of hydrogen-bond donors (Lipinski definition) is 2. The third kappa shape index (κ3) is 12.5. The molecule has 6 nitrogen and oxygen atoms in total. The molecule has 258 valence electrons. The highest BCUT2D eigenvalue weighted by molar-refractivity contribution is 5.96. The number of unbranched alkanes of at least 4 members (excludes halogenated alkanes) is 2. The number of para-hydroxylation sites is 1. The molecule has 1 aliphatic heterocycles. The fourth-order valence-corrected chi connectivity index (χ4v) is 7.24. The van der Waals surface area contributed by atoms with E-state index < -0.39 is 0 Å². The van der Waals surface area contributed by atoms with Crippen LogP contribution in [0.5, 0.6) is 0 Å². The van der Waals surface area contributed by atoms with Crippen molar-refractivity contribution in [2.75, 3.05) is 57.7 Å². The lowest BCUT2D eigenvalue weighted by atomic mass is 9.97. The van der Waals surface area contributed by atoms with Gasteiger partial charge in [0.2, 0.25) is 5.91 Å². The smallest absolute Gasteiger partial charge is 0.241 e. The van der Waals surface area contributed by atoms with Crippen LogP contribution < -0.4 is 27.6 Å². The number of anilines is 1. The molecule has 2 unspecified atom stereocenters. The van der Waals surface area contributed by atoms with Crippen molar-refractivity contribution < 1.29 is 31.1 Å². The number of benzene rings is 2. The van der Waals surface area contributed by atoms with Gasteiger partial charge in [0, 0.05) is 18.7 Å². The third-order valence-corrected chi connectivity index (χ3v) is 10.1. The predicted molar refractivity (Wildman–Crippen MR) is 190 cm³/mol. The van der Waals surface area contributed by atoms with E-state index in [0.29, 0.717) is 18.7 Å². The first kappa shape index (κ1) is 40.1. The summed E-state index contributed by atoms with van der Waals surface area (Å²) in [7, 11) is 0. The molecule has 2 aromatic carbocycles. The van der Waals surface area contributed by atoms with Crippen molar-refractivity contribution >= 4 is 17.4 Å². The zero-order valence-corrected chi connectivity index (χ0v) is 31.4. The van der Waals surface area contributed by atoms with Crippen LogP contribution in [0.3, 0.4) is 0 Å². The van der Waals surface area contributed by atoms with Crippen LogP contribution >= 0.6 is 0 Å². The van der Waals surface area contributed by atoms with E-state index >= 15 is 0 Å². The Balaban J connectivity index is 0.00000736. The van der Waals surface area contributed by atoms with Gasteiger partial charge in [-0.25, -0.2) is 0 Å². The second-order valence-electron chi connectivity index (χ2n) is 13.7. The van der Waals surface area contributed by atoms with E-state index in [9.17, 15) is 9.59 Å². The van der Waals surface area contributed by atoms with E-state index in [-0.39, 0.29) is 28.9 Å². The summed E-state index contributed by atoms with van der Waals surface area (Å²) in [6, 6.07) is 12.5. The summed E-state index contributed by atoms with van der Waals surface area (Å²) in [6.07, 6.45) is 10.8. The molecule has 2 atom stereocenters. The molecule has 0 radical (unpaired) electrons. The third-order valence-electron chi connectivity index (χ3n) is 10.1. The minimum Gasteiger partial charge on any atom is -1.00 e. The first-order valence-electron chi connectivity index (χ1n) is 17.9. The molecule has 1 heterocycles. The van der Waals surface area contributed by atoms with Crippen LogP contribution in [0, 0.1) is 27.7 Å². The molecular weight excluding hydrogens is 636 g/mol. The molecule has 0 saturated carbocycles. The van der Waals surface area contributed by atoms with Gasteiger partial charge in [-0.1, -0.05) is 69.0 Å². The van der Waals surface area contributed by atoms with Crippen LogP contribution in [0.2, 0.25) is 0 Å². The summed E-state index contributed by atoms with van der Waals surface area (Å²) in [4.78, 5) is 29.2. The molecule has 0 bridgehead atoms. The first-order valence-corrected chi connectivity index (χ1v) is 17.9. The molecule has 1 aliphatic rings. The highest BCUT2D eigenvalue weighted by atomic mass is 79.9. The number of carbonyl (C=O) groups excluding carboxylic acids is 2. The van der Waals surface area contributed by atoms with Crippen molar-refractivity contribution in [3.63, 3.8) is 0 Å². The molecule has 0 aliphatic carbocycles. The van der Waals surface area contributed by atoms with Gasteiger partial charge in [-0.2, -0.15) is 0 Å². The second-order valence-corrected chi connectivity index (χ2v) is 13.7. The van der Waals surface area contributed by atoms with Gasteiger partial charge in [-0.05, 0) is 114 Å². The van der Waals surface area contributed by atoms with Gasteiger partial charge < -0.3 is 32.1 Å². The van der Waals surface area contributed by atoms with E-state index in [1.807, 2.05) is 0 Å². The molecule has 0 aromatic heterocycles. The van der Waals surface area contributed by atoms with Crippen molar-refractivity contribution in [1.29, 1.82) is 0 Å². The molecule has 46 heavy (non-hydrogen) atoms. The zero-order chi connectivity index (χ0) is 32.7. The molecule has 1 saturated heterocycles. The van der Waals surface area contributed by atoms with Gasteiger partial charge in [0.15, 0.2) is 5.78 Å². The Morgan fingerprint density at radius 3 is 2.13 bits per heavy atom. The number of hydrogen-bond acceptors (Lipinski definition) is 4. The number of likely N-dealkylation sites (tertiary alicyclic amines) is 1. The van der Waals surface area contributed by atoms with E-state index in [1.54, 1.807) is 0 Å². The summed E-state index contributed by atoms with van der Waals surface area (Å²) in [5, 5.41) is 6.98. The molecular formula is C39H63BrN4O2. The molecule has 2 aromatic rings. The summed E-state index contributed by atoms with van der Waals surface area (Å²) >= 11 is 0. The number of Topliss-reactive ketones (excluding diaryl/α,β-unsaturated/α-hetero) is 1. The van der Waals surface area contributed by atoms with Crippen LogP contribution in [0.1, 0.15) is 99.5 Å². The van der Waals surface area contributed by atoms with Gasteiger partial charge in [-0.15, -0.1) is 0 Å². The van der Waals surface area contributed by atoms with E-state index in [4.69, 9.17) is 0 Å². The fourth-order valence-electron chi connectivity index (χ4n) is 7.24. The van der Waals surface area contributed by atoms with E-state index in [0.717, 1.165) is 106 Å². The van der Waals surface area contributed by atoms with E-state index in [2.05, 4.69) is 93.5 Å². The maximum Gasteiger partial charge on any atom is 0.241 e. The summed E-state index contributed by atoms with van der Waals surface area (Å²) in [5.74, 6) is 0.515. The average molecular weight is 700 g/mol. The monoisotopic (exact) mass is 698 g/mol. The maximum absolute atomic E-state index is 13.5. The van der Waals surface area contributed by atoms with Gasteiger partial charge in [0.05, 0.1) is 25.7 Å². The lowest BCUT2D eigenvalue weighted by Gasteiger charge is -2.37. The van der Waals surface area contributed by atoms with Crippen molar-refractivity contribution in [3.8, 4) is 0 Å². The van der Waals surface area contributed by atoms with Crippen LogP contribution in [0.15, 0.2) is 36.4 Å². The fraction of sp³-hybridized carbons (Fsp3) is 0.641. The van der Waals surface area contributed by atoms with Crippen LogP contribution in [0.4, 0.5) is 5.69 Å². The average Bonchev–Trinajstić information content (AvgIpc) is 2.99. The predicted octanol–water partition coefficient (Wildman–Crippen LogP) is 4.32. The Labute approximate surface area is 291 Å². The van der Waals surface area contributed by atoms with Gasteiger partial charge >= 0.3 is 0 Å². The number of quaternary nitrogens is 1. The number of aryl methyl sites for hydroxylation is 4. The number of amides is 1. The van der Waals surface area contributed by atoms with Gasteiger partial charge in [0.1, 0.15) is 6.54 Å². The largest absolute Gasteiger partial charge is 1.00 e. The molecule has 0 spiro atoms. The van der Waals surface area contributed by atoms with Gasteiger partial charge in [0.25, 0.3) is 0 Å². The minimum absolute atomic E-state index is 0. The highest BCUT2D eigenvalue weighted by Crippen LogP contribution is 2.23. The van der Waals surface area contributed by atoms with Crippen molar-refractivity contribution in [1.82, 2.24) is 10.2 Å². The lowest BCUT2D eigenvalue weighted by molar-refractivity contribution is -0.918. The number of likely N-dealkylation sites (N-methyl/N-ethyl adjacent to an activating group) is 1. The van der Waals surface area contributed by atoms with E-state index in [1.165, 1.54) is 36.0 Å². The second kappa shape index (κ2) is 21.0. The van der Waals surface area contributed by atoms with Crippen molar-refractivity contribution in [2.45, 2.75) is 112 Å². The SMILES string of the molecule is CCC[N+](CC)(CCNCCCCCN1CCCCCCC1C(=O)Nc1c(C)cccc1C)CC(=O)Cc1c(C)cccc1C.[Br-]. The van der Waals surface area contributed by atoms with Crippen molar-refractivity contribution in [3.05, 3.63) is 64.2 Å².